The van der Waals surface area contributed by atoms with Crippen molar-refractivity contribution >= 4 is 21.8 Å². The number of nitrogens with one attached hydrogen (secondary N) is 1. The molecule has 1 atom stereocenters. The second kappa shape index (κ2) is 6.34. The molecule has 3 N–H and O–H groups in total. The van der Waals surface area contributed by atoms with Gasteiger partial charge in [0.1, 0.15) is 0 Å². The molecular weight excluding hydrogens is 292 g/mol. The van der Waals surface area contributed by atoms with E-state index in [1.165, 1.54) is 5.56 Å². The molecule has 0 aliphatic rings. The molecule has 1 aromatic carbocycles. The van der Waals surface area contributed by atoms with Gasteiger partial charge in [0.15, 0.2) is 0 Å². The van der Waals surface area contributed by atoms with Gasteiger partial charge >= 0.3 is 0 Å². The zero-order valence-electron chi connectivity index (χ0n) is 11.2. The standard InChI is InChI=1S/C14H21BrN2O/c1-10(8-13(16)18)17-9-14(2,3)11-6-4-5-7-12(11)15/h4-7,10,17H,8-9H2,1-3H3,(H2,16,18). The highest BCUT2D eigenvalue weighted by molar-refractivity contribution is 9.10. The van der Waals surface area contributed by atoms with Crippen LogP contribution in [-0.4, -0.2) is 18.5 Å². The van der Waals surface area contributed by atoms with Crippen molar-refractivity contribution in [1.29, 1.82) is 0 Å². The van der Waals surface area contributed by atoms with Gasteiger partial charge in [-0.25, -0.2) is 0 Å². The highest BCUT2D eigenvalue weighted by Gasteiger charge is 2.23. The number of carbonyl (C=O) groups excluding carboxylic acids is 1. The maximum absolute atomic E-state index is 10.8. The lowest BCUT2D eigenvalue weighted by atomic mass is 9.84. The Labute approximate surface area is 117 Å². The van der Waals surface area contributed by atoms with Gasteiger partial charge in [0, 0.05) is 28.9 Å². The van der Waals surface area contributed by atoms with E-state index in [9.17, 15) is 4.79 Å². The predicted octanol–water partition coefficient (Wildman–Crippen LogP) is 2.58. The molecule has 4 heteroatoms. The van der Waals surface area contributed by atoms with Crippen LogP contribution in [0.4, 0.5) is 0 Å². The third-order valence-corrected chi connectivity index (χ3v) is 3.69. The summed E-state index contributed by atoms with van der Waals surface area (Å²) in [7, 11) is 0. The van der Waals surface area contributed by atoms with Crippen LogP contribution in [0.1, 0.15) is 32.8 Å². The minimum atomic E-state index is -0.270. The van der Waals surface area contributed by atoms with Crippen molar-refractivity contribution in [3.8, 4) is 0 Å². The molecule has 0 spiro atoms. The average Bonchev–Trinajstić information content (AvgIpc) is 2.26. The van der Waals surface area contributed by atoms with Gasteiger partial charge in [-0.1, -0.05) is 48.0 Å². The first kappa shape index (κ1) is 15.2. The lowest BCUT2D eigenvalue weighted by Crippen LogP contribution is -2.39. The largest absolute Gasteiger partial charge is 0.370 e. The predicted molar refractivity (Wildman–Crippen MR) is 78.4 cm³/mol. The molecule has 0 aliphatic carbocycles. The summed E-state index contributed by atoms with van der Waals surface area (Å²) in [6, 6.07) is 8.31. The van der Waals surface area contributed by atoms with Crippen molar-refractivity contribution in [1.82, 2.24) is 5.32 Å². The van der Waals surface area contributed by atoms with Crippen molar-refractivity contribution in [3.05, 3.63) is 34.3 Å². The van der Waals surface area contributed by atoms with Crippen LogP contribution in [-0.2, 0) is 10.2 Å². The van der Waals surface area contributed by atoms with Crippen LogP contribution in [0, 0.1) is 0 Å². The Kier molecular flexibility index (Phi) is 5.35. The molecule has 0 saturated carbocycles. The Morgan fingerprint density at radius 1 is 1.44 bits per heavy atom. The number of halogens is 1. The number of nitrogens with two attached hydrogens (primary N) is 1. The molecular formula is C14H21BrN2O. The molecule has 1 unspecified atom stereocenters. The van der Waals surface area contributed by atoms with Crippen LogP contribution in [0.3, 0.4) is 0 Å². The van der Waals surface area contributed by atoms with E-state index in [0.29, 0.717) is 6.42 Å². The zero-order valence-corrected chi connectivity index (χ0v) is 12.8. The zero-order chi connectivity index (χ0) is 13.8. The van der Waals surface area contributed by atoms with E-state index in [1.54, 1.807) is 0 Å². The third-order valence-electron chi connectivity index (χ3n) is 3.00. The van der Waals surface area contributed by atoms with Crippen LogP contribution >= 0.6 is 15.9 Å². The first-order valence-corrected chi connectivity index (χ1v) is 6.89. The summed E-state index contributed by atoms with van der Waals surface area (Å²) in [5.41, 5.74) is 6.43. The molecule has 1 amide bonds. The van der Waals surface area contributed by atoms with Crippen molar-refractivity contribution in [2.45, 2.75) is 38.6 Å². The molecule has 3 nitrogen and oxygen atoms in total. The second-order valence-electron chi connectivity index (χ2n) is 5.32. The van der Waals surface area contributed by atoms with E-state index < -0.39 is 0 Å². The second-order valence-corrected chi connectivity index (χ2v) is 6.17. The number of hydrogen-bond acceptors (Lipinski definition) is 2. The van der Waals surface area contributed by atoms with Gasteiger partial charge in [-0.15, -0.1) is 0 Å². The summed E-state index contributed by atoms with van der Waals surface area (Å²) in [4.78, 5) is 10.8. The van der Waals surface area contributed by atoms with Crippen molar-refractivity contribution in [2.75, 3.05) is 6.54 Å². The molecule has 0 radical (unpaired) electrons. The molecule has 100 valence electrons. The van der Waals surface area contributed by atoms with E-state index in [2.05, 4.69) is 41.2 Å². The number of primary amides is 1. The molecule has 0 aliphatic heterocycles. The van der Waals surface area contributed by atoms with Crippen LogP contribution in [0.15, 0.2) is 28.7 Å². The number of carbonyl (C=O) groups is 1. The van der Waals surface area contributed by atoms with E-state index in [-0.39, 0.29) is 17.4 Å². The Balaban J connectivity index is 2.65. The normalized spacial score (nSPS) is 13.3. The van der Waals surface area contributed by atoms with Crippen LogP contribution in [0.25, 0.3) is 0 Å². The van der Waals surface area contributed by atoms with Gasteiger partial charge in [0.2, 0.25) is 5.91 Å². The fraction of sp³-hybridized carbons (Fsp3) is 0.500. The lowest BCUT2D eigenvalue weighted by molar-refractivity contribution is -0.118. The van der Waals surface area contributed by atoms with Gasteiger partial charge in [-0.2, -0.15) is 0 Å². The lowest BCUT2D eigenvalue weighted by Gasteiger charge is -2.28. The maximum atomic E-state index is 10.8. The average molecular weight is 313 g/mol. The molecule has 0 heterocycles. The summed E-state index contributed by atoms with van der Waals surface area (Å²) in [6.45, 7) is 7.12. The SMILES string of the molecule is CC(CC(N)=O)NCC(C)(C)c1ccccc1Br. The van der Waals surface area contributed by atoms with Crippen LogP contribution < -0.4 is 11.1 Å². The smallest absolute Gasteiger partial charge is 0.218 e. The van der Waals surface area contributed by atoms with E-state index in [0.717, 1.165) is 11.0 Å². The summed E-state index contributed by atoms with van der Waals surface area (Å²) >= 11 is 3.58. The fourth-order valence-electron chi connectivity index (χ4n) is 1.91. The molecule has 18 heavy (non-hydrogen) atoms. The third kappa shape index (κ3) is 4.42. The monoisotopic (exact) mass is 312 g/mol. The summed E-state index contributed by atoms with van der Waals surface area (Å²) in [5.74, 6) is -0.270. The van der Waals surface area contributed by atoms with Gasteiger partial charge in [0.05, 0.1) is 0 Å². The topological polar surface area (TPSA) is 55.1 Å². The van der Waals surface area contributed by atoms with Gasteiger partial charge < -0.3 is 11.1 Å². The van der Waals surface area contributed by atoms with Gasteiger partial charge in [0.25, 0.3) is 0 Å². The molecule has 0 aromatic heterocycles. The van der Waals surface area contributed by atoms with Crippen molar-refractivity contribution in [3.63, 3.8) is 0 Å². The van der Waals surface area contributed by atoms with Crippen LogP contribution in [0.2, 0.25) is 0 Å². The summed E-state index contributed by atoms with van der Waals surface area (Å²) in [5, 5.41) is 3.36. The number of hydrogen-bond donors (Lipinski definition) is 2. The van der Waals surface area contributed by atoms with Gasteiger partial charge in [-0.05, 0) is 18.6 Å². The Bertz CT molecular complexity index is 418. The van der Waals surface area contributed by atoms with E-state index in [1.807, 2.05) is 25.1 Å². The molecule has 1 aromatic rings. The fourth-order valence-corrected chi connectivity index (χ4v) is 2.73. The minimum absolute atomic E-state index is 0.00794. The Morgan fingerprint density at radius 3 is 2.61 bits per heavy atom. The first-order valence-electron chi connectivity index (χ1n) is 6.09. The van der Waals surface area contributed by atoms with E-state index in [4.69, 9.17) is 5.73 Å². The molecule has 0 fully saturated rings. The van der Waals surface area contributed by atoms with Crippen molar-refractivity contribution in [2.24, 2.45) is 5.73 Å². The van der Waals surface area contributed by atoms with Gasteiger partial charge in [-0.3, -0.25) is 4.79 Å². The van der Waals surface area contributed by atoms with Crippen LogP contribution in [0.5, 0.6) is 0 Å². The highest BCUT2D eigenvalue weighted by Crippen LogP contribution is 2.29. The highest BCUT2D eigenvalue weighted by atomic mass is 79.9. The Hall–Kier alpha value is -0.870. The molecule has 1 rings (SSSR count). The van der Waals surface area contributed by atoms with E-state index >= 15 is 0 Å². The summed E-state index contributed by atoms with van der Waals surface area (Å²) < 4.78 is 1.11. The minimum Gasteiger partial charge on any atom is -0.370 e. The maximum Gasteiger partial charge on any atom is 0.218 e. The number of rotatable bonds is 6. The summed E-state index contributed by atoms with van der Waals surface area (Å²) in [6.07, 6.45) is 0.367. The van der Waals surface area contributed by atoms with Crippen molar-refractivity contribution < 1.29 is 4.79 Å². The Morgan fingerprint density at radius 2 is 2.06 bits per heavy atom. The first-order chi connectivity index (χ1) is 8.33. The molecule has 0 bridgehead atoms. The quantitative estimate of drug-likeness (QED) is 0.848. The number of benzene rings is 1. The number of amides is 1. The molecule has 0 saturated heterocycles.